The number of anilines is 2. The molecule has 4 rings (SSSR count). The largest absolute Gasteiger partial charge is 0.497 e. The number of pyridine rings is 1. The Morgan fingerprint density at radius 3 is 2.38 bits per heavy atom. The zero-order valence-electron chi connectivity index (χ0n) is 18.5. The molecular weight excluding hydrogens is 480 g/mol. The van der Waals surface area contributed by atoms with Gasteiger partial charge in [0.05, 0.1) is 47.7 Å². The number of hydrogen-bond donors (Lipinski definition) is 2. The van der Waals surface area contributed by atoms with E-state index in [1.807, 2.05) is 0 Å². The Bertz CT molecular complexity index is 1480. The monoisotopic (exact) mass is 500 g/mol. The van der Waals surface area contributed by atoms with Crippen molar-refractivity contribution >= 4 is 49.8 Å². The first-order valence-corrected chi connectivity index (χ1v) is 11.8. The number of aryl methyl sites for hydroxylation is 1. The van der Waals surface area contributed by atoms with Crippen molar-refractivity contribution in [1.82, 2.24) is 14.3 Å². The number of rotatable bonds is 7. The third-order valence-corrected chi connectivity index (χ3v) is 6.85. The maximum atomic E-state index is 13.0. The van der Waals surface area contributed by atoms with Gasteiger partial charge in [0.15, 0.2) is 0 Å². The number of amides is 1. The topological polar surface area (TPSA) is 112 Å². The van der Waals surface area contributed by atoms with Gasteiger partial charge in [-0.15, -0.1) is 0 Å². The second-order valence-corrected chi connectivity index (χ2v) is 9.38. The molecule has 0 radical (unpaired) electrons. The van der Waals surface area contributed by atoms with Crippen molar-refractivity contribution in [1.29, 1.82) is 0 Å². The zero-order chi connectivity index (χ0) is 24.5. The van der Waals surface area contributed by atoms with Crippen LogP contribution in [0.5, 0.6) is 11.5 Å². The third-order valence-electron chi connectivity index (χ3n) is 5.20. The van der Waals surface area contributed by atoms with Gasteiger partial charge in [-0.1, -0.05) is 11.6 Å². The number of hydrogen-bond acceptors (Lipinski definition) is 7. The van der Waals surface area contributed by atoms with E-state index in [0.717, 1.165) is 0 Å². The summed E-state index contributed by atoms with van der Waals surface area (Å²) in [5, 5.41) is 4.27. The SMILES string of the molecule is COc1ccc(S(=O)(=O)NC(=O)c2cc3c(Nc4cncc(OC)c4)ccc(Cl)c3n2C)cc1. The molecule has 1 amide bonds. The molecule has 2 aromatic heterocycles. The normalized spacial score (nSPS) is 11.3. The lowest BCUT2D eigenvalue weighted by Crippen LogP contribution is -2.31. The molecule has 0 fully saturated rings. The number of ether oxygens (including phenoxy) is 2. The number of fused-ring (bicyclic) bond motifs is 1. The Kier molecular flexibility index (Phi) is 6.36. The predicted molar refractivity (Wildman–Crippen MR) is 130 cm³/mol. The maximum Gasteiger partial charge on any atom is 0.281 e. The van der Waals surface area contributed by atoms with Crippen LogP contribution in [0.3, 0.4) is 0 Å². The quantitative estimate of drug-likeness (QED) is 0.393. The van der Waals surface area contributed by atoms with E-state index in [4.69, 9.17) is 21.1 Å². The average Bonchev–Trinajstić information content (AvgIpc) is 3.19. The van der Waals surface area contributed by atoms with Gasteiger partial charge in [0.25, 0.3) is 15.9 Å². The number of methoxy groups -OCH3 is 2. The number of halogens is 1. The molecule has 0 aliphatic heterocycles. The summed E-state index contributed by atoms with van der Waals surface area (Å²) in [6.07, 6.45) is 3.21. The second kappa shape index (κ2) is 9.24. The summed E-state index contributed by atoms with van der Waals surface area (Å²) in [6, 6.07) is 12.5. The first-order valence-electron chi connectivity index (χ1n) is 9.98. The van der Waals surface area contributed by atoms with Crippen LogP contribution in [0.2, 0.25) is 5.02 Å². The number of aromatic nitrogens is 2. The van der Waals surface area contributed by atoms with Crippen LogP contribution in [-0.4, -0.2) is 38.1 Å². The summed E-state index contributed by atoms with van der Waals surface area (Å²) < 4.78 is 39.4. The van der Waals surface area contributed by atoms with Crippen molar-refractivity contribution in [2.45, 2.75) is 4.90 Å². The minimum absolute atomic E-state index is 0.0636. The van der Waals surface area contributed by atoms with Gasteiger partial charge < -0.3 is 19.4 Å². The smallest absolute Gasteiger partial charge is 0.281 e. The number of nitrogens with zero attached hydrogens (tertiary/aromatic N) is 2. The molecule has 9 nitrogen and oxygen atoms in total. The molecule has 0 saturated heterocycles. The van der Waals surface area contributed by atoms with Crippen molar-refractivity contribution < 1.29 is 22.7 Å². The fourth-order valence-corrected chi connectivity index (χ4v) is 4.74. The molecule has 0 atom stereocenters. The number of carbonyl (C=O) groups is 1. The molecule has 2 aromatic carbocycles. The van der Waals surface area contributed by atoms with Crippen LogP contribution < -0.4 is 19.5 Å². The van der Waals surface area contributed by atoms with Crippen molar-refractivity contribution in [2.24, 2.45) is 7.05 Å². The molecule has 34 heavy (non-hydrogen) atoms. The third kappa shape index (κ3) is 4.50. The highest BCUT2D eigenvalue weighted by Gasteiger charge is 2.23. The van der Waals surface area contributed by atoms with E-state index in [9.17, 15) is 13.2 Å². The molecule has 0 bridgehead atoms. The van der Waals surface area contributed by atoms with Crippen LogP contribution in [0.15, 0.2) is 65.8 Å². The van der Waals surface area contributed by atoms with E-state index >= 15 is 0 Å². The lowest BCUT2D eigenvalue weighted by molar-refractivity contribution is 0.0974. The van der Waals surface area contributed by atoms with Crippen molar-refractivity contribution in [3.05, 3.63) is 71.6 Å². The van der Waals surface area contributed by atoms with E-state index in [-0.39, 0.29) is 10.6 Å². The highest BCUT2D eigenvalue weighted by atomic mass is 35.5. The van der Waals surface area contributed by atoms with Crippen LogP contribution in [0.25, 0.3) is 10.9 Å². The number of sulfonamides is 1. The summed E-state index contributed by atoms with van der Waals surface area (Å²) in [7, 11) is 0.558. The molecule has 4 aromatic rings. The van der Waals surface area contributed by atoms with E-state index in [1.54, 1.807) is 55.4 Å². The summed E-state index contributed by atoms with van der Waals surface area (Å²) in [5.74, 6) is 0.284. The zero-order valence-corrected chi connectivity index (χ0v) is 20.1. The van der Waals surface area contributed by atoms with Crippen molar-refractivity contribution in [2.75, 3.05) is 19.5 Å². The Hall–Kier alpha value is -3.76. The predicted octanol–water partition coefficient (Wildman–Crippen LogP) is 4.11. The summed E-state index contributed by atoms with van der Waals surface area (Å²) in [5.41, 5.74) is 2.00. The molecule has 2 heterocycles. The summed E-state index contributed by atoms with van der Waals surface area (Å²) >= 11 is 6.42. The van der Waals surface area contributed by atoms with Gasteiger partial charge in [0.1, 0.15) is 17.2 Å². The van der Waals surface area contributed by atoms with E-state index in [2.05, 4.69) is 15.0 Å². The van der Waals surface area contributed by atoms with Crippen LogP contribution in [0, 0.1) is 0 Å². The first kappa shape index (κ1) is 23.4. The van der Waals surface area contributed by atoms with E-state index in [0.29, 0.717) is 38.8 Å². The highest BCUT2D eigenvalue weighted by molar-refractivity contribution is 7.90. The minimum atomic E-state index is -4.10. The number of carbonyl (C=O) groups excluding carboxylic acids is 1. The molecule has 0 unspecified atom stereocenters. The van der Waals surface area contributed by atoms with Crippen molar-refractivity contribution in [3.8, 4) is 11.5 Å². The molecule has 176 valence electrons. The minimum Gasteiger partial charge on any atom is -0.497 e. The van der Waals surface area contributed by atoms with Crippen molar-refractivity contribution in [3.63, 3.8) is 0 Å². The molecular formula is C23H21ClN4O5S. The Morgan fingerprint density at radius 1 is 1.00 bits per heavy atom. The van der Waals surface area contributed by atoms with Crippen LogP contribution in [0.4, 0.5) is 11.4 Å². The molecule has 0 aliphatic rings. The molecule has 2 N–H and O–H groups in total. The van der Waals surface area contributed by atoms with Crippen LogP contribution >= 0.6 is 11.6 Å². The fourth-order valence-electron chi connectivity index (χ4n) is 3.49. The van der Waals surface area contributed by atoms with E-state index in [1.165, 1.54) is 31.4 Å². The van der Waals surface area contributed by atoms with E-state index < -0.39 is 15.9 Å². The number of benzene rings is 2. The lowest BCUT2D eigenvalue weighted by atomic mass is 10.2. The molecule has 11 heteroatoms. The average molecular weight is 501 g/mol. The molecule has 0 aliphatic carbocycles. The van der Waals surface area contributed by atoms with Gasteiger partial charge in [-0.05, 0) is 42.5 Å². The van der Waals surface area contributed by atoms with Gasteiger partial charge in [0, 0.05) is 24.2 Å². The Balaban J connectivity index is 1.68. The van der Waals surface area contributed by atoms with Gasteiger partial charge >= 0.3 is 0 Å². The summed E-state index contributed by atoms with van der Waals surface area (Å²) in [4.78, 5) is 17.0. The fraction of sp³-hybridized carbons (Fsp3) is 0.130. The number of nitrogens with one attached hydrogen (secondary N) is 2. The Morgan fingerprint density at radius 2 is 1.71 bits per heavy atom. The molecule has 0 spiro atoms. The summed E-state index contributed by atoms with van der Waals surface area (Å²) in [6.45, 7) is 0. The van der Waals surface area contributed by atoms with Gasteiger partial charge in [-0.3, -0.25) is 9.78 Å². The first-order chi connectivity index (χ1) is 16.2. The molecule has 0 saturated carbocycles. The van der Waals surface area contributed by atoms with Gasteiger partial charge in [-0.2, -0.15) is 0 Å². The second-order valence-electron chi connectivity index (χ2n) is 7.29. The van der Waals surface area contributed by atoms with Crippen LogP contribution in [-0.2, 0) is 17.1 Å². The van der Waals surface area contributed by atoms with Gasteiger partial charge in [0.2, 0.25) is 0 Å². The maximum absolute atomic E-state index is 13.0. The Labute approximate surface area is 201 Å². The highest BCUT2D eigenvalue weighted by Crippen LogP contribution is 2.34. The lowest BCUT2D eigenvalue weighted by Gasteiger charge is -2.10. The van der Waals surface area contributed by atoms with Crippen LogP contribution in [0.1, 0.15) is 10.5 Å². The standard InChI is InChI=1S/C23H21ClN4O5S/c1-28-21(23(29)27-34(30,31)17-6-4-15(32-2)5-7-17)11-18-20(9-8-19(24)22(18)28)26-14-10-16(33-3)13-25-12-14/h4-13,26H,1-3H3,(H,27,29). The van der Waals surface area contributed by atoms with Gasteiger partial charge in [-0.25, -0.2) is 13.1 Å².